The van der Waals surface area contributed by atoms with Crippen molar-refractivity contribution in [2.75, 3.05) is 19.7 Å². The van der Waals surface area contributed by atoms with E-state index in [-0.39, 0.29) is 11.6 Å². The van der Waals surface area contributed by atoms with Crippen LogP contribution in [0.4, 0.5) is 4.79 Å². The molecule has 0 aliphatic carbocycles. The summed E-state index contributed by atoms with van der Waals surface area (Å²) in [5.41, 5.74) is 5.29. The van der Waals surface area contributed by atoms with Gasteiger partial charge in [0.1, 0.15) is 0 Å². The molecule has 0 saturated carbocycles. The molecule has 0 aromatic rings. The van der Waals surface area contributed by atoms with Crippen LogP contribution in [0, 0.1) is 0 Å². The fraction of sp³-hybridized carbons (Fsp3) is 0.900. The maximum Gasteiger partial charge on any atom is 0.410 e. The van der Waals surface area contributed by atoms with Crippen molar-refractivity contribution in [3.8, 4) is 0 Å². The third-order valence-electron chi connectivity index (χ3n) is 2.17. The average Bonchev–Trinajstić information content (AvgIpc) is 2.14. The van der Waals surface area contributed by atoms with Crippen LogP contribution in [0.1, 0.15) is 34.1 Å². The van der Waals surface area contributed by atoms with Crippen molar-refractivity contribution in [1.29, 1.82) is 0 Å². The van der Waals surface area contributed by atoms with Gasteiger partial charge in [-0.05, 0) is 27.2 Å². The van der Waals surface area contributed by atoms with Gasteiger partial charge in [0.15, 0.2) is 0 Å². The SMILES string of the molecule is CCCN(C(=O)OCC)C(C)(C)CN. The molecule has 4 nitrogen and oxygen atoms in total. The summed E-state index contributed by atoms with van der Waals surface area (Å²) in [6, 6.07) is 0. The molecule has 0 rings (SSSR count). The number of hydrogen-bond donors (Lipinski definition) is 1. The number of rotatable bonds is 5. The number of nitrogens with two attached hydrogens (primary N) is 1. The highest BCUT2D eigenvalue weighted by Gasteiger charge is 2.29. The van der Waals surface area contributed by atoms with E-state index >= 15 is 0 Å². The molecule has 2 N–H and O–H groups in total. The van der Waals surface area contributed by atoms with Crippen LogP contribution >= 0.6 is 0 Å². The van der Waals surface area contributed by atoms with Crippen molar-refractivity contribution >= 4 is 6.09 Å². The predicted octanol–water partition coefficient (Wildman–Crippen LogP) is 1.59. The quantitative estimate of drug-likeness (QED) is 0.736. The van der Waals surface area contributed by atoms with Crippen molar-refractivity contribution in [2.24, 2.45) is 5.73 Å². The third kappa shape index (κ3) is 3.54. The molecule has 14 heavy (non-hydrogen) atoms. The smallest absolute Gasteiger partial charge is 0.410 e. The maximum atomic E-state index is 11.6. The largest absolute Gasteiger partial charge is 0.450 e. The van der Waals surface area contributed by atoms with Gasteiger partial charge in [-0.15, -0.1) is 0 Å². The van der Waals surface area contributed by atoms with E-state index < -0.39 is 0 Å². The molecule has 0 bridgehead atoms. The topological polar surface area (TPSA) is 55.6 Å². The second-order valence-electron chi connectivity index (χ2n) is 3.87. The Labute approximate surface area is 86.4 Å². The van der Waals surface area contributed by atoms with Gasteiger partial charge in [0.2, 0.25) is 0 Å². The number of ether oxygens (including phenoxy) is 1. The highest BCUT2D eigenvalue weighted by atomic mass is 16.6. The van der Waals surface area contributed by atoms with Crippen molar-refractivity contribution in [3.05, 3.63) is 0 Å². The monoisotopic (exact) mass is 202 g/mol. The summed E-state index contributed by atoms with van der Waals surface area (Å²) < 4.78 is 4.98. The Bertz CT molecular complexity index is 181. The van der Waals surface area contributed by atoms with Crippen molar-refractivity contribution in [3.63, 3.8) is 0 Å². The molecule has 4 heteroatoms. The lowest BCUT2D eigenvalue weighted by molar-refractivity contribution is 0.0678. The van der Waals surface area contributed by atoms with Crippen LogP contribution in [0.3, 0.4) is 0 Å². The summed E-state index contributed by atoms with van der Waals surface area (Å²) in [6.07, 6.45) is 0.632. The molecule has 0 unspecified atom stereocenters. The first-order valence-corrected chi connectivity index (χ1v) is 5.14. The Kier molecular flexibility index (Phi) is 5.53. The molecule has 0 aromatic carbocycles. The van der Waals surface area contributed by atoms with E-state index in [1.807, 2.05) is 20.8 Å². The van der Waals surface area contributed by atoms with Crippen LogP contribution in [-0.2, 0) is 4.74 Å². The second kappa shape index (κ2) is 5.86. The molecule has 84 valence electrons. The zero-order valence-electron chi connectivity index (χ0n) is 9.67. The van der Waals surface area contributed by atoms with Crippen LogP contribution in [-0.4, -0.2) is 36.2 Å². The van der Waals surface area contributed by atoms with E-state index in [0.29, 0.717) is 19.7 Å². The Morgan fingerprint density at radius 2 is 2.00 bits per heavy atom. The maximum absolute atomic E-state index is 11.6. The first-order valence-electron chi connectivity index (χ1n) is 5.14. The molecular weight excluding hydrogens is 180 g/mol. The van der Waals surface area contributed by atoms with Crippen molar-refractivity contribution < 1.29 is 9.53 Å². The van der Waals surface area contributed by atoms with Crippen LogP contribution in [0.15, 0.2) is 0 Å². The minimum Gasteiger partial charge on any atom is -0.450 e. The van der Waals surface area contributed by atoms with E-state index in [2.05, 4.69) is 0 Å². The summed E-state index contributed by atoms with van der Waals surface area (Å²) in [6.45, 7) is 9.24. The summed E-state index contributed by atoms with van der Waals surface area (Å²) in [4.78, 5) is 13.3. The number of carbonyl (C=O) groups is 1. The van der Waals surface area contributed by atoms with Gasteiger partial charge in [-0.1, -0.05) is 6.92 Å². The van der Waals surface area contributed by atoms with Gasteiger partial charge in [-0.2, -0.15) is 0 Å². The van der Waals surface area contributed by atoms with Gasteiger partial charge in [-0.25, -0.2) is 4.79 Å². The Balaban J connectivity index is 4.49. The van der Waals surface area contributed by atoms with Crippen LogP contribution in [0.25, 0.3) is 0 Å². The second-order valence-corrected chi connectivity index (χ2v) is 3.87. The van der Waals surface area contributed by atoms with Gasteiger partial charge in [0.25, 0.3) is 0 Å². The lowest BCUT2D eigenvalue weighted by Crippen LogP contribution is -2.52. The molecule has 1 amide bonds. The number of carbonyl (C=O) groups excluding carboxylic acids is 1. The highest BCUT2D eigenvalue weighted by Crippen LogP contribution is 2.14. The summed E-state index contributed by atoms with van der Waals surface area (Å²) in [5.74, 6) is 0. The number of hydrogen-bond acceptors (Lipinski definition) is 3. The number of amides is 1. The van der Waals surface area contributed by atoms with E-state index in [1.165, 1.54) is 0 Å². The molecule has 0 fully saturated rings. The van der Waals surface area contributed by atoms with Gasteiger partial charge < -0.3 is 15.4 Å². The van der Waals surface area contributed by atoms with E-state index in [9.17, 15) is 4.79 Å². The molecule has 0 saturated heterocycles. The van der Waals surface area contributed by atoms with Gasteiger partial charge in [-0.3, -0.25) is 0 Å². The third-order valence-corrected chi connectivity index (χ3v) is 2.17. The molecule has 0 heterocycles. The van der Waals surface area contributed by atoms with Crippen LogP contribution < -0.4 is 5.73 Å². The Morgan fingerprint density at radius 3 is 2.36 bits per heavy atom. The molecule has 0 aromatic heterocycles. The minimum absolute atomic E-state index is 0.273. The summed E-state index contributed by atoms with van der Waals surface area (Å²) >= 11 is 0. The lowest BCUT2D eigenvalue weighted by Gasteiger charge is -2.36. The normalized spacial score (nSPS) is 11.2. The van der Waals surface area contributed by atoms with Gasteiger partial charge >= 0.3 is 6.09 Å². The van der Waals surface area contributed by atoms with E-state index in [1.54, 1.807) is 11.8 Å². The van der Waals surface area contributed by atoms with Crippen molar-refractivity contribution in [1.82, 2.24) is 4.90 Å². The van der Waals surface area contributed by atoms with Gasteiger partial charge in [0, 0.05) is 13.1 Å². The zero-order valence-corrected chi connectivity index (χ0v) is 9.67. The molecule has 0 atom stereocenters. The Morgan fingerprint density at radius 1 is 1.43 bits per heavy atom. The van der Waals surface area contributed by atoms with E-state index in [0.717, 1.165) is 6.42 Å². The first kappa shape index (κ1) is 13.2. The lowest BCUT2D eigenvalue weighted by atomic mass is 10.0. The van der Waals surface area contributed by atoms with Crippen LogP contribution in [0.2, 0.25) is 0 Å². The average molecular weight is 202 g/mol. The standard InChI is InChI=1S/C10H22N2O2/c1-5-7-12(9(13)14-6-2)10(3,4)8-11/h5-8,11H2,1-4H3. The fourth-order valence-electron chi connectivity index (χ4n) is 1.18. The van der Waals surface area contributed by atoms with E-state index in [4.69, 9.17) is 10.5 Å². The molecule has 0 aliphatic rings. The fourth-order valence-corrected chi connectivity index (χ4v) is 1.18. The number of nitrogens with zero attached hydrogens (tertiary/aromatic N) is 1. The molecular formula is C10H22N2O2. The Hall–Kier alpha value is -0.770. The van der Waals surface area contributed by atoms with Crippen LogP contribution in [0.5, 0.6) is 0 Å². The summed E-state index contributed by atoms with van der Waals surface area (Å²) in [7, 11) is 0. The predicted molar refractivity (Wildman–Crippen MR) is 57.2 cm³/mol. The highest BCUT2D eigenvalue weighted by molar-refractivity contribution is 5.68. The zero-order chi connectivity index (χ0) is 11.2. The molecule has 0 spiro atoms. The molecule has 0 radical (unpaired) electrons. The first-order chi connectivity index (χ1) is 6.49. The van der Waals surface area contributed by atoms with Gasteiger partial charge in [0.05, 0.1) is 12.1 Å². The summed E-state index contributed by atoms with van der Waals surface area (Å²) in [5, 5.41) is 0. The van der Waals surface area contributed by atoms with Crippen molar-refractivity contribution in [2.45, 2.75) is 39.7 Å². The minimum atomic E-state index is -0.331. The molecule has 0 aliphatic heterocycles.